The normalized spacial score (nSPS) is 10.6. The Bertz CT molecular complexity index is 707. The zero-order valence-corrected chi connectivity index (χ0v) is 12.1. The maximum Gasteiger partial charge on any atom is 0.265 e. The first-order valence-electron chi connectivity index (χ1n) is 6.15. The number of halogens is 4. The van der Waals surface area contributed by atoms with Crippen molar-refractivity contribution in [1.29, 1.82) is 0 Å². The van der Waals surface area contributed by atoms with Crippen LogP contribution in [0.5, 0.6) is 5.75 Å². The molecule has 0 bridgehead atoms. The molecule has 3 nitrogen and oxygen atoms in total. The Morgan fingerprint density at radius 2 is 2.00 bits per heavy atom. The van der Waals surface area contributed by atoms with Crippen molar-refractivity contribution < 1.29 is 22.7 Å². The van der Waals surface area contributed by atoms with Crippen LogP contribution in [0.4, 0.5) is 18.9 Å². The lowest BCUT2D eigenvalue weighted by atomic mass is 10.1. The van der Waals surface area contributed by atoms with Crippen LogP contribution in [0.3, 0.4) is 0 Å². The van der Waals surface area contributed by atoms with Gasteiger partial charge in [-0.25, -0.2) is 13.2 Å². The lowest BCUT2D eigenvalue weighted by Crippen LogP contribution is -2.13. The highest BCUT2D eigenvalue weighted by atomic mass is 35.5. The van der Waals surface area contributed by atoms with Crippen LogP contribution in [0.1, 0.15) is 22.3 Å². The van der Waals surface area contributed by atoms with E-state index in [0.717, 1.165) is 12.1 Å². The highest BCUT2D eigenvalue weighted by molar-refractivity contribution is 6.34. The van der Waals surface area contributed by atoms with Crippen LogP contribution in [-0.4, -0.2) is 13.0 Å². The fourth-order valence-corrected chi connectivity index (χ4v) is 2.07. The molecule has 0 aliphatic carbocycles. The minimum absolute atomic E-state index is 0.00530. The minimum Gasteiger partial charge on any atom is -0.494 e. The van der Waals surface area contributed by atoms with Crippen molar-refractivity contribution in [2.75, 3.05) is 12.4 Å². The summed E-state index contributed by atoms with van der Waals surface area (Å²) in [4.78, 5) is 12.0. The van der Waals surface area contributed by atoms with Crippen LogP contribution in [0.2, 0.25) is 5.02 Å². The highest BCUT2D eigenvalue weighted by Gasteiger charge is 2.17. The fourth-order valence-electron chi connectivity index (χ4n) is 1.82. The van der Waals surface area contributed by atoms with Gasteiger partial charge >= 0.3 is 0 Å². The van der Waals surface area contributed by atoms with E-state index in [1.54, 1.807) is 0 Å². The van der Waals surface area contributed by atoms with E-state index in [4.69, 9.17) is 16.3 Å². The van der Waals surface area contributed by atoms with E-state index in [0.29, 0.717) is 0 Å². The predicted octanol–water partition coefficient (Wildman–Crippen LogP) is 4.68. The summed E-state index contributed by atoms with van der Waals surface area (Å²) < 4.78 is 43.8. The lowest BCUT2D eigenvalue weighted by molar-refractivity contribution is 0.102. The number of benzene rings is 2. The standard InChI is InChI=1S/C15H11ClF3NO2/c1-22-12-6-5-8(7-10(12)17)15(21)20-11-4-2-3-9(13(11)16)14(18)19/h2-7,14H,1H3,(H,20,21). The predicted molar refractivity (Wildman–Crippen MR) is 77.3 cm³/mol. The van der Waals surface area contributed by atoms with Crippen LogP contribution in [0, 0.1) is 5.82 Å². The fraction of sp³-hybridized carbons (Fsp3) is 0.133. The second-order valence-electron chi connectivity index (χ2n) is 4.31. The number of rotatable bonds is 4. The number of carbonyl (C=O) groups excluding carboxylic acids is 1. The first kappa shape index (κ1) is 16.2. The third-order valence-corrected chi connectivity index (χ3v) is 3.35. The molecule has 0 saturated heterocycles. The molecule has 0 aliphatic rings. The van der Waals surface area contributed by atoms with E-state index in [9.17, 15) is 18.0 Å². The summed E-state index contributed by atoms with van der Waals surface area (Å²) in [7, 11) is 1.30. The van der Waals surface area contributed by atoms with E-state index in [1.807, 2.05) is 0 Å². The van der Waals surface area contributed by atoms with E-state index in [1.165, 1.54) is 31.4 Å². The third-order valence-electron chi connectivity index (χ3n) is 2.93. The number of amides is 1. The van der Waals surface area contributed by atoms with Gasteiger partial charge in [0.2, 0.25) is 0 Å². The Balaban J connectivity index is 2.26. The molecule has 2 rings (SSSR count). The lowest BCUT2D eigenvalue weighted by Gasteiger charge is -2.11. The van der Waals surface area contributed by atoms with Gasteiger partial charge in [-0.15, -0.1) is 0 Å². The van der Waals surface area contributed by atoms with Gasteiger partial charge < -0.3 is 10.1 Å². The minimum atomic E-state index is -2.76. The molecule has 1 amide bonds. The monoisotopic (exact) mass is 329 g/mol. The van der Waals surface area contributed by atoms with Crippen LogP contribution in [0.25, 0.3) is 0 Å². The van der Waals surface area contributed by atoms with Crippen molar-refractivity contribution in [2.24, 2.45) is 0 Å². The molecule has 22 heavy (non-hydrogen) atoms. The maximum absolute atomic E-state index is 13.6. The molecular weight excluding hydrogens is 319 g/mol. The van der Waals surface area contributed by atoms with Crippen molar-refractivity contribution in [2.45, 2.75) is 6.43 Å². The molecule has 0 spiro atoms. The van der Waals surface area contributed by atoms with E-state index in [2.05, 4.69) is 5.32 Å². The quantitative estimate of drug-likeness (QED) is 0.884. The Kier molecular flexibility index (Phi) is 4.92. The molecule has 0 unspecified atom stereocenters. The summed E-state index contributed by atoms with van der Waals surface area (Å²) in [6, 6.07) is 7.52. The second kappa shape index (κ2) is 6.70. The second-order valence-corrected chi connectivity index (χ2v) is 4.69. The summed E-state index contributed by atoms with van der Waals surface area (Å²) in [5.41, 5.74) is -0.349. The summed E-state index contributed by atoms with van der Waals surface area (Å²) in [6.07, 6.45) is -2.76. The number of carbonyl (C=O) groups is 1. The zero-order valence-electron chi connectivity index (χ0n) is 11.4. The summed E-state index contributed by atoms with van der Waals surface area (Å²) in [5, 5.41) is 2.12. The average molecular weight is 330 g/mol. The van der Waals surface area contributed by atoms with E-state index in [-0.39, 0.29) is 27.6 Å². The molecule has 0 aliphatic heterocycles. The van der Waals surface area contributed by atoms with Gasteiger partial charge in [-0.1, -0.05) is 23.7 Å². The molecule has 1 N–H and O–H groups in total. The largest absolute Gasteiger partial charge is 0.494 e. The molecule has 2 aromatic rings. The SMILES string of the molecule is COc1ccc(C(=O)Nc2cccc(C(F)F)c2Cl)cc1F. The third kappa shape index (κ3) is 3.33. The highest BCUT2D eigenvalue weighted by Crippen LogP contribution is 2.33. The Morgan fingerprint density at radius 1 is 1.27 bits per heavy atom. The smallest absolute Gasteiger partial charge is 0.265 e. The topological polar surface area (TPSA) is 38.3 Å². The summed E-state index contributed by atoms with van der Waals surface area (Å²) >= 11 is 5.83. The van der Waals surface area contributed by atoms with Gasteiger partial charge in [-0.2, -0.15) is 0 Å². The number of alkyl halides is 2. The van der Waals surface area contributed by atoms with Crippen LogP contribution in [-0.2, 0) is 0 Å². The van der Waals surface area contributed by atoms with Crippen molar-refractivity contribution >= 4 is 23.2 Å². The summed E-state index contributed by atoms with van der Waals surface area (Å²) in [6.45, 7) is 0. The number of ether oxygens (including phenoxy) is 1. The van der Waals surface area contributed by atoms with Crippen molar-refractivity contribution in [3.8, 4) is 5.75 Å². The van der Waals surface area contributed by atoms with Crippen molar-refractivity contribution in [1.82, 2.24) is 0 Å². The van der Waals surface area contributed by atoms with Gasteiger partial charge in [0.25, 0.3) is 12.3 Å². The molecule has 0 heterocycles. The number of methoxy groups -OCH3 is 1. The van der Waals surface area contributed by atoms with Crippen LogP contribution < -0.4 is 10.1 Å². The summed E-state index contributed by atoms with van der Waals surface area (Å²) in [5.74, 6) is -1.38. The van der Waals surface area contributed by atoms with Gasteiger partial charge in [0.15, 0.2) is 11.6 Å². The van der Waals surface area contributed by atoms with Gasteiger partial charge in [0.05, 0.1) is 17.8 Å². The molecule has 0 saturated carbocycles. The Hall–Kier alpha value is -2.21. The molecule has 116 valence electrons. The number of hydrogen-bond acceptors (Lipinski definition) is 2. The van der Waals surface area contributed by atoms with Crippen LogP contribution >= 0.6 is 11.6 Å². The first-order valence-corrected chi connectivity index (χ1v) is 6.53. The molecule has 7 heteroatoms. The van der Waals surface area contributed by atoms with Gasteiger partial charge in [-0.05, 0) is 24.3 Å². The van der Waals surface area contributed by atoms with Gasteiger partial charge in [0, 0.05) is 11.1 Å². The molecule has 0 fully saturated rings. The van der Waals surface area contributed by atoms with Crippen LogP contribution in [0.15, 0.2) is 36.4 Å². The van der Waals surface area contributed by atoms with Crippen molar-refractivity contribution in [3.63, 3.8) is 0 Å². The number of nitrogens with one attached hydrogen (secondary N) is 1. The molecule has 2 aromatic carbocycles. The number of anilines is 1. The molecule has 0 radical (unpaired) electrons. The maximum atomic E-state index is 13.6. The van der Waals surface area contributed by atoms with Crippen molar-refractivity contribution in [3.05, 3.63) is 58.4 Å². The van der Waals surface area contributed by atoms with E-state index < -0.39 is 18.1 Å². The molecular formula is C15H11ClF3NO2. The molecule has 0 aromatic heterocycles. The zero-order chi connectivity index (χ0) is 16.3. The number of hydrogen-bond donors (Lipinski definition) is 1. The van der Waals surface area contributed by atoms with Gasteiger partial charge in [0.1, 0.15) is 0 Å². The van der Waals surface area contributed by atoms with Gasteiger partial charge in [-0.3, -0.25) is 4.79 Å². The molecule has 0 atom stereocenters. The van der Waals surface area contributed by atoms with E-state index >= 15 is 0 Å². The first-order chi connectivity index (χ1) is 10.4. The Morgan fingerprint density at radius 3 is 2.59 bits per heavy atom. The Labute approximate surface area is 129 Å². The average Bonchev–Trinajstić information content (AvgIpc) is 2.48.